The van der Waals surface area contributed by atoms with Crippen molar-refractivity contribution in [1.82, 2.24) is 40.2 Å². The molecule has 0 aliphatic rings. The lowest BCUT2D eigenvalue weighted by molar-refractivity contribution is -0.119. The minimum atomic E-state index is -0.637. The van der Waals surface area contributed by atoms with Crippen molar-refractivity contribution in [3.63, 3.8) is 0 Å². The lowest BCUT2D eigenvalue weighted by Crippen LogP contribution is -2.25. The Balaban J connectivity index is 0.995. The first kappa shape index (κ1) is 44.6. The number of amides is 1. The molecule has 0 bridgehead atoms. The normalized spacial score (nSPS) is 11.7. The number of unbranched alkanes of at least 4 members (excludes halogenated alkanes) is 2. The number of aryl methyl sites for hydroxylation is 2. The number of fused-ring (bicyclic) bond motifs is 1. The molecule has 5 aromatic rings. The van der Waals surface area contributed by atoms with Gasteiger partial charge in [-0.3, -0.25) is 9.48 Å². The standard InChI is InChI=1S/C40H47ClF2N10O6/c1-26(32-19-29(21-44)7-8-33(32)42)49-39-36(41)27(2)48-35-20-34(43)37(50-38(35)39)30-22-46-40(47-23-30)59-11-6-4-5-10-53-24-31(51-52-53)25-58-18-17-57-16-15-56-14-13-55-12-9-45-28(3)54/h7-8,19-20,22-24,26H,4-6,9-18,25H2,1-3H3,(H,45,54)(H,48,49)/t26-/m1/s1. The molecule has 0 saturated carbocycles. The number of halogens is 3. The van der Waals surface area contributed by atoms with E-state index < -0.39 is 17.7 Å². The fraction of sp³-hybridized carbons (Fsp3) is 0.450. The van der Waals surface area contributed by atoms with Crippen LogP contribution in [0, 0.1) is 29.9 Å². The van der Waals surface area contributed by atoms with E-state index in [0.717, 1.165) is 25.0 Å². The molecular formula is C40H47ClF2N10O6. The van der Waals surface area contributed by atoms with Gasteiger partial charge in [0.1, 0.15) is 22.7 Å². The quantitative estimate of drug-likeness (QED) is 0.0659. The molecule has 59 heavy (non-hydrogen) atoms. The zero-order valence-electron chi connectivity index (χ0n) is 33.2. The number of hydrogen-bond acceptors (Lipinski definition) is 14. The number of carbonyl (C=O) groups is 1. The summed E-state index contributed by atoms with van der Waals surface area (Å²) >= 11 is 6.66. The number of aromatic nitrogens is 7. The van der Waals surface area contributed by atoms with Gasteiger partial charge in [-0.15, -0.1) is 5.10 Å². The number of carbonyl (C=O) groups excluding carboxylic acids is 1. The molecule has 1 aromatic carbocycles. The third-order valence-electron chi connectivity index (χ3n) is 8.71. The molecule has 0 saturated heterocycles. The number of nitrogens with one attached hydrogen (secondary N) is 2. The number of benzene rings is 1. The second kappa shape index (κ2) is 23.2. The summed E-state index contributed by atoms with van der Waals surface area (Å²) in [5.74, 6) is -1.21. The number of pyridine rings is 2. The largest absolute Gasteiger partial charge is 0.463 e. The van der Waals surface area contributed by atoms with Gasteiger partial charge in [0.15, 0.2) is 5.82 Å². The van der Waals surface area contributed by atoms with Gasteiger partial charge in [-0.1, -0.05) is 16.8 Å². The molecule has 19 heteroatoms. The van der Waals surface area contributed by atoms with Gasteiger partial charge in [0.05, 0.1) is 105 Å². The Morgan fingerprint density at radius 3 is 2.36 bits per heavy atom. The summed E-state index contributed by atoms with van der Waals surface area (Å²) in [6, 6.07) is 6.89. The molecule has 4 heterocycles. The van der Waals surface area contributed by atoms with E-state index in [1.165, 1.54) is 43.6 Å². The van der Waals surface area contributed by atoms with Crippen molar-refractivity contribution in [3.8, 4) is 23.3 Å². The van der Waals surface area contributed by atoms with E-state index in [1.807, 2.05) is 12.3 Å². The number of ether oxygens (including phenoxy) is 5. The summed E-state index contributed by atoms with van der Waals surface area (Å²) in [5, 5.41) is 23.7. The Kier molecular flexibility index (Phi) is 17.6. The molecule has 0 radical (unpaired) electrons. The molecule has 0 aliphatic carbocycles. The predicted octanol–water partition coefficient (Wildman–Crippen LogP) is 5.91. The first-order chi connectivity index (χ1) is 28.6. The van der Waals surface area contributed by atoms with E-state index in [2.05, 4.69) is 40.9 Å². The van der Waals surface area contributed by atoms with Crippen LogP contribution in [0.25, 0.3) is 22.3 Å². The number of nitriles is 1. The SMILES string of the molecule is CC(=O)NCCOCCOCCOCCOCc1cn(CCCCCOc2ncc(-c3nc4c(N[C@H](C)c5cc(C#N)ccc5F)c(Cl)c(C)nc4cc3F)cn2)nn1. The number of hydrogen-bond donors (Lipinski definition) is 2. The van der Waals surface area contributed by atoms with E-state index >= 15 is 4.39 Å². The predicted molar refractivity (Wildman–Crippen MR) is 214 cm³/mol. The Morgan fingerprint density at radius 1 is 0.932 bits per heavy atom. The lowest BCUT2D eigenvalue weighted by Gasteiger charge is -2.20. The van der Waals surface area contributed by atoms with Gasteiger partial charge in [-0.2, -0.15) is 5.26 Å². The Morgan fingerprint density at radius 2 is 1.64 bits per heavy atom. The summed E-state index contributed by atoms with van der Waals surface area (Å²) in [4.78, 5) is 28.3. The van der Waals surface area contributed by atoms with Crippen molar-refractivity contribution in [1.29, 1.82) is 5.26 Å². The van der Waals surface area contributed by atoms with Crippen LogP contribution in [0.3, 0.4) is 0 Å². The second-order valence-corrected chi connectivity index (χ2v) is 13.7. The molecule has 314 valence electrons. The first-order valence-corrected chi connectivity index (χ1v) is 19.5. The molecule has 0 unspecified atom stereocenters. The molecule has 16 nitrogen and oxygen atoms in total. The molecular weight excluding hydrogens is 790 g/mol. The zero-order chi connectivity index (χ0) is 42.0. The molecule has 0 fully saturated rings. The maximum Gasteiger partial charge on any atom is 0.316 e. The second-order valence-electron chi connectivity index (χ2n) is 13.3. The van der Waals surface area contributed by atoms with E-state index in [4.69, 9.17) is 35.3 Å². The van der Waals surface area contributed by atoms with Gasteiger partial charge in [0, 0.05) is 49.6 Å². The summed E-state index contributed by atoms with van der Waals surface area (Å²) in [6.07, 6.45) is 7.18. The maximum atomic E-state index is 15.4. The van der Waals surface area contributed by atoms with Gasteiger partial charge in [-0.05, 0) is 51.3 Å². The number of nitrogens with zero attached hydrogens (tertiary/aromatic N) is 8. The fourth-order valence-electron chi connectivity index (χ4n) is 5.72. The highest BCUT2D eigenvalue weighted by Gasteiger charge is 2.21. The number of anilines is 1. The van der Waals surface area contributed by atoms with Gasteiger partial charge in [0.25, 0.3) is 0 Å². The van der Waals surface area contributed by atoms with Crippen molar-refractivity contribution in [2.75, 3.05) is 64.7 Å². The van der Waals surface area contributed by atoms with Crippen LogP contribution in [0.5, 0.6) is 6.01 Å². The van der Waals surface area contributed by atoms with Crippen LogP contribution in [0.2, 0.25) is 5.02 Å². The van der Waals surface area contributed by atoms with Crippen LogP contribution >= 0.6 is 11.6 Å². The van der Waals surface area contributed by atoms with Gasteiger partial charge >= 0.3 is 6.01 Å². The highest BCUT2D eigenvalue weighted by Crippen LogP contribution is 2.36. The third-order valence-corrected chi connectivity index (χ3v) is 9.17. The van der Waals surface area contributed by atoms with Crippen molar-refractivity contribution >= 4 is 34.2 Å². The number of rotatable bonds is 25. The molecule has 1 atom stereocenters. The zero-order valence-corrected chi connectivity index (χ0v) is 33.9. The average Bonchev–Trinajstić information content (AvgIpc) is 3.68. The summed E-state index contributed by atoms with van der Waals surface area (Å²) in [7, 11) is 0. The third kappa shape index (κ3) is 13.8. The van der Waals surface area contributed by atoms with E-state index in [0.29, 0.717) is 95.1 Å². The summed E-state index contributed by atoms with van der Waals surface area (Å²) in [5.41, 5.74) is 2.88. The topological polar surface area (TPSA) is 193 Å². The highest BCUT2D eigenvalue weighted by molar-refractivity contribution is 6.35. The van der Waals surface area contributed by atoms with Gasteiger partial charge < -0.3 is 34.3 Å². The molecule has 1 amide bonds. The minimum absolute atomic E-state index is 0.0235. The van der Waals surface area contributed by atoms with Crippen LogP contribution in [0.4, 0.5) is 14.5 Å². The summed E-state index contributed by atoms with van der Waals surface area (Å²) in [6.45, 7) is 9.86. The molecule has 5 rings (SSSR count). The molecule has 0 spiro atoms. The fourth-order valence-corrected chi connectivity index (χ4v) is 5.90. The van der Waals surface area contributed by atoms with Gasteiger partial charge in [0.2, 0.25) is 5.91 Å². The Bertz CT molecular complexity index is 2170. The van der Waals surface area contributed by atoms with Gasteiger partial charge in [-0.25, -0.2) is 28.7 Å². The first-order valence-electron chi connectivity index (χ1n) is 19.1. The van der Waals surface area contributed by atoms with Crippen molar-refractivity contribution in [2.45, 2.75) is 59.2 Å². The van der Waals surface area contributed by atoms with E-state index in [9.17, 15) is 14.4 Å². The highest BCUT2D eigenvalue weighted by atomic mass is 35.5. The molecule has 4 aromatic heterocycles. The van der Waals surface area contributed by atoms with Crippen LogP contribution in [0.15, 0.2) is 42.9 Å². The van der Waals surface area contributed by atoms with Crippen LogP contribution in [-0.2, 0) is 36.9 Å². The smallest absolute Gasteiger partial charge is 0.316 e. The van der Waals surface area contributed by atoms with E-state index in [1.54, 1.807) is 18.5 Å². The Hall–Kier alpha value is -5.45. The van der Waals surface area contributed by atoms with Crippen molar-refractivity contribution in [2.24, 2.45) is 0 Å². The minimum Gasteiger partial charge on any atom is -0.463 e. The molecule has 0 aliphatic heterocycles. The van der Waals surface area contributed by atoms with Crippen LogP contribution < -0.4 is 15.4 Å². The van der Waals surface area contributed by atoms with Crippen LogP contribution in [0.1, 0.15) is 61.7 Å². The van der Waals surface area contributed by atoms with Crippen molar-refractivity contribution in [3.05, 3.63) is 82.0 Å². The van der Waals surface area contributed by atoms with E-state index in [-0.39, 0.29) is 39.2 Å². The monoisotopic (exact) mass is 836 g/mol. The van der Waals surface area contributed by atoms with Crippen molar-refractivity contribution < 1.29 is 37.3 Å². The molecule has 2 N–H and O–H groups in total. The maximum absolute atomic E-state index is 15.4. The average molecular weight is 837 g/mol. The Labute approximate surface area is 345 Å². The summed E-state index contributed by atoms with van der Waals surface area (Å²) < 4.78 is 59.5. The lowest BCUT2D eigenvalue weighted by atomic mass is 10.0. The van der Waals surface area contributed by atoms with Crippen LogP contribution in [-0.4, -0.2) is 100 Å².